The van der Waals surface area contributed by atoms with Crippen LogP contribution in [0.25, 0.3) is 0 Å². The van der Waals surface area contributed by atoms with Gasteiger partial charge in [-0.25, -0.2) is 0 Å². The highest BCUT2D eigenvalue weighted by molar-refractivity contribution is 5.77. The van der Waals surface area contributed by atoms with E-state index in [1.165, 1.54) is 0 Å². The van der Waals surface area contributed by atoms with Crippen LogP contribution in [0.15, 0.2) is 30.3 Å². The molecule has 0 unspecified atom stereocenters. The van der Waals surface area contributed by atoms with Crippen molar-refractivity contribution in [3.8, 4) is 5.75 Å². The molecule has 0 aromatic heterocycles. The first-order valence-corrected chi connectivity index (χ1v) is 6.58. The molecule has 1 aromatic carbocycles. The van der Waals surface area contributed by atoms with Crippen molar-refractivity contribution in [2.45, 2.75) is 13.8 Å². The second-order valence-corrected chi connectivity index (χ2v) is 4.83. The van der Waals surface area contributed by atoms with Crippen molar-refractivity contribution >= 4 is 5.91 Å². The fourth-order valence-corrected chi connectivity index (χ4v) is 1.71. The van der Waals surface area contributed by atoms with E-state index in [9.17, 15) is 4.79 Å². The molecule has 106 valence electrons. The molecule has 0 heterocycles. The van der Waals surface area contributed by atoms with Gasteiger partial charge in [-0.15, -0.1) is 0 Å². The number of hydrogen-bond donors (Lipinski definition) is 0. The van der Waals surface area contributed by atoms with Crippen LogP contribution >= 0.6 is 0 Å². The quantitative estimate of drug-likeness (QED) is 0.723. The topological polar surface area (TPSA) is 38.8 Å². The average molecular weight is 265 g/mol. The van der Waals surface area contributed by atoms with E-state index in [0.717, 1.165) is 6.54 Å². The van der Waals surface area contributed by atoms with Gasteiger partial charge in [-0.2, -0.15) is 0 Å². The lowest BCUT2D eigenvalue weighted by Crippen LogP contribution is -2.39. The van der Waals surface area contributed by atoms with Gasteiger partial charge in [0.25, 0.3) is 5.91 Å². The number of para-hydroxylation sites is 1. The van der Waals surface area contributed by atoms with E-state index < -0.39 is 0 Å². The van der Waals surface area contributed by atoms with E-state index in [0.29, 0.717) is 24.8 Å². The van der Waals surface area contributed by atoms with Crippen molar-refractivity contribution in [1.29, 1.82) is 0 Å². The molecule has 0 fully saturated rings. The van der Waals surface area contributed by atoms with Gasteiger partial charge >= 0.3 is 0 Å². The number of benzene rings is 1. The first kappa shape index (κ1) is 15.5. The molecule has 0 saturated heterocycles. The number of carbonyl (C=O) groups excluding carboxylic acids is 1. The van der Waals surface area contributed by atoms with Crippen LogP contribution in [0.2, 0.25) is 0 Å². The molecule has 0 aliphatic rings. The fourth-order valence-electron chi connectivity index (χ4n) is 1.71. The summed E-state index contributed by atoms with van der Waals surface area (Å²) in [6, 6.07) is 9.37. The second kappa shape index (κ2) is 8.53. The molecule has 0 spiro atoms. The van der Waals surface area contributed by atoms with E-state index in [1.807, 2.05) is 30.3 Å². The van der Waals surface area contributed by atoms with Gasteiger partial charge in [0.1, 0.15) is 5.75 Å². The Morgan fingerprint density at radius 2 is 1.95 bits per heavy atom. The number of amides is 1. The minimum atomic E-state index is -0.00500. The predicted octanol–water partition coefficient (Wildman–Crippen LogP) is 2.20. The summed E-state index contributed by atoms with van der Waals surface area (Å²) in [6.07, 6.45) is 0. The monoisotopic (exact) mass is 265 g/mol. The van der Waals surface area contributed by atoms with Gasteiger partial charge in [0.05, 0.1) is 6.61 Å². The zero-order valence-electron chi connectivity index (χ0n) is 12.0. The van der Waals surface area contributed by atoms with Crippen LogP contribution in [0.4, 0.5) is 0 Å². The Hall–Kier alpha value is -1.55. The van der Waals surface area contributed by atoms with Crippen LogP contribution < -0.4 is 4.74 Å². The van der Waals surface area contributed by atoms with E-state index >= 15 is 0 Å². The molecule has 0 atom stereocenters. The molecular weight excluding hydrogens is 242 g/mol. The summed E-state index contributed by atoms with van der Waals surface area (Å²) in [5.41, 5.74) is 0. The van der Waals surface area contributed by atoms with E-state index in [1.54, 1.807) is 12.0 Å². The lowest BCUT2D eigenvalue weighted by atomic mass is 10.2. The third kappa shape index (κ3) is 6.25. The zero-order chi connectivity index (χ0) is 14.1. The van der Waals surface area contributed by atoms with Crippen LogP contribution in [0.5, 0.6) is 5.75 Å². The highest BCUT2D eigenvalue weighted by Crippen LogP contribution is 2.08. The molecule has 0 aliphatic heterocycles. The molecule has 1 amide bonds. The molecular formula is C15H23NO3. The molecule has 4 heteroatoms. The van der Waals surface area contributed by atoms with Gasteiger partial charge in [0.2, 0.25) is 0 Å². The summed E-state index contributed by atoms with van der Waals surface area (Å²) in [4.78, 5) is 13.9. The van der Waals surface area contributed by atoms with E-state index in [2.05, 4.69) is 13.8 Å². The highest BCUT2D eigenvalue weighted by atomic mass is 16.5. The van der Waals surface area contributed by atoms with Crippen molar-refractivity contribution in [3.63, 3.8) is 0 Å². The lowest BCUT2D eigenvalue weighted by Gasteiger charge is -2.24. The summed E-state index contributed by atoms with van der Waals surface area (Å²) in [7, 11) is 1.64. The molecule has 0 saturated carbocycles. The first-order chi connectivity index (χ1) is 9.13. The van der Waals surface area contributed by atoms with Gasteiger partial charge in [-0.3, -0.25) is 4.79 Å². The summed E-state index contributed by atoms with van der Waals surface area (Å²) in [6.45, 7) is 6.12. The average Bonchev–Trinajstić information content (AvgIpc) is 2.41. The van der Waals surface area contributed by atoms with Gasteiger partial charge in [0, 0.05) is 20.2 Å². The standard InChI is InChI=1S/C15H23NO3/c1-13(2)11-16(9-10-18-3)15(17)12-19-14-7-5-4-6-8-14/h4-8,13H,9-12H2,1-3H3. The maximum Gasteiger partial charge on any atom is 0.260 e. The van der Waals surface area contributed by atoms with E-state index in [4.69, 9.17) is 9.47 Å². The normalized spacial score (nSPS) is 10.5. The summed E-state index contributed by atoms with van der Waals surface area (Å²) in [5, 5.41) is 0. The van der Waals surface area contributed by atoms with Crippen molar-refractivity contribution in [1.82, 2.24) is 4.90 Å². The summed E-state index contributed by atoms with van der Waals surface area (Å²) in [5.74, 6) is 1.14. The SMILES string of the molecule is COCCN(CC(C)C)C(=O)COc1ccccc1. The second-order valence-electron chi connectivity index (χ2n) is 4.83. The Morgan fingerprint density at radius 1 is 1.26 bits per heavy atom. The molecule has 1 aromatic rings. The Balaban J connectivity index is 2.46. The van der Waals surface area contributed by atoms with Gasteiger partial charge in [0.15, 0.2) is 6.61 Å². The van der Waals surface area contributed by atoms with Crippen LogP contribution in [0.1, 0.15) is 13.8 Å². The molecule has 0 N–H and O–H groups in total. The molecule has 0 bridgehead atoms. The maximum absolute atomic E-state index is 12.1. The first-order valence-electron chi connectivity index (χ1n) is 6.58. The third-order valence-corrected chi connectivity index (χ3v) is 2.61. The van der Waals surface area contributed by atoms with E-state index in [-0.39, 0.29) is 12.5 Å². The Kier molecular flexibility index (Phi) is 6.97. The van der Waals surface area contributed by atoms with Gasteiger partial charge in [-0.1, -0.05) is 32.0 Å². The maximum atomic E-state index is 12.1. The van der Waals surface area contributed by atoms with Gasteiger partial charge in [-0.05, 0) is 18.1 Å². The van der Waals surface area contributed by atoms with Crippen LogP contribution in [-0.2, 0) is 9.53 Å². The molecule has 0 radical (unpaired) electrons. The van der Waals surface area contributed by atoms with Crippen LogP contribution in [0.3, 0.4) is 0 Å². The Labute approximate surface area is 115 Å². The van der Waals surface area contributed by atoms with Crippen molar-refractivity contribution in [2.24, 2.45) is 5.92 Å². The molecule has 0 aliphatic carbocycles. The summed E-state index contributed by atoms with van der Waals surface area (Å²) < 4.78 is 10.5. The van der Waals surface area contributed by atoms with Crippen molar-refractivity contribution < 1.29 is 14.3 Å². The molecule has 19 heavy (non-hydrogen) atoms. The minimum absolute atomic E-state index is 0.00500. The number of nitrogens with zero attached hydrogens (tertiary/aromatic N) is 1. The number of rotatable bonds is 8. The summed E-state index contributed by atoms with van der Waals surface area (Å²) >= 11 is 0. The van der Waals surface area contributed by atoms with Crippen LogP contribution in [-0.4, -0.2) is 44.2 Å². The Bertz CT molecular complexity index is 365. The number of carbonyl (C=O) groups is 1. The van der Waals surface area contributed by atoms with Crippen LogP contribution in [0, 0.1) is 5.92 Å². The smallest absolute Gasteiger partial charge is 0.260 e. The number of ether oxygens (including phenoxy) is 2. The predicted molar refractivity (Wildman–Crippen MR) is 75.2 cm³/mol. The van der Waals surface area contributed by atoms with Crippen molar-refractivity contribution in [2.75, 3.05) is 33.4 Å². The number of methoxy groups -OCH3 is 1. The molecule has 4 nitrogen and oxygen atoms in total. The van der Waals surface area contributed by atoms with Crippen molar-refractivity contribution in [3.05, 3.63) is 30.3 Å². The largest absolute Gasteiger partial charge is 0.484 e. The van der Waals surface area contributed by atoms with Gasteiger partial charge < -0.3 is 14.4 Å². The third-order valence-electron chi connectivity index (χ3n) is 2.61. The fraction of sp³-hybridized carbons (Fsp3) is 0.533. The zero-order valence-corrected chi connectivity index (χ0v) is 12.0. The highest BCUT2D eigenvalue weighted by Gasteiger charge is 2.15. The number of hydrogen-bond acceptors (Lipinski definition) is 3. The minimum Gasteiger partial charge on any atom is -0.484 e. The Morgan fingerprint density at radius 3 is 2.53 bits per heavy atom. The molecule has 1 rings (SSSR count). The lowest BCUT2D eigenvalue weighted by molar-refractivity contribution is -0.134.